The van der Waals surface area contributed by atoms with E-state index in [-0.39, 0.29) is 12.5 Å². The summed E-state index contributed by atoms with van der Waals surface area (Å²) in [5.74, 6) is 0.400. The Morgan fingerprint density at radius 1 is 0.914 bits per heavy atom. The molecule has 0 aliphatic rings. The monoisotopic (exact) mass is 492 g/mol. The lowest BCUT2D eigenvalue weighted by atomic mass is 10.0. The van der Waals surface area contributed by atoms with Crippen molar-refractivity contribution in [1.29, 1.82) is 0 Å². The molecule has 0 saturated heterocycles. The highest BCUT2D eigenvalue weighted by molar-refractivity contribution is 7.92. The van der Waals surface area contributed by atoms with Gasteiger partial charge >= 0.3 is 0 Å². The average molecular weight is 493 g/mol. The lowest BCUT2D eigenvalue weighted by Crippen LogP contribution is -2.30. The molecule has 0 atom stereocenters. The zero-order chi connectivity index (χ0) is 25.6. The highest BCUT2D eigenvalue weighted by Crippen LogP contribution is 2.26. The third kappa shape index (κ3) is 7.43. The molecule has 6 heteroatoms. The number of carbonyl (C=O) groups is 1. The minimum Gasteiger partial charge on any atom is -0.352 e. The van der Waals surface area contributed by atoms with Crippen LogP contribution in [0.25, 0.3) is 0 Å². The van der Waals surface area contributed by atoms with Crippen molar-refractivity contribution in [3.05, 3.63) is 100 Å². The Morgan fingerprint density at radius 3 is 2.14 bits per heavy atom. The summed E-state index contributed by atoms with van der Waals surface area (Å²) in [6.45, 7) is 9.02. The normalized spacial score (nSPS) is 11.5. The number of hydrogen-bond donors (Lipinski definition) is 1. The van der Waals surface area contributed by atoms with Gasteiger partial charge in [0.15, 0.2) is 0 Å². The Bertz CT molecular complexity index is 1250. The first-order valence-corrected chi connectivity index (χ1v) is 13.9. The lowest BCUT2D eigenvalue weighted by Gasteiger charge is -2.25. The van der Waals surface area contributed by atoms with Gasteiger partial charge in [-0.3, -0.25) is 9.10 Å². The first kappa shape index (κ1) is 26.5. The third-order valence-electron chi connectivity index (χ3n) is 6.15. The number of amides is 1. The van der Waals surface area contributed by atoms with Crippen molar-refractivity contribution in [2.75, 3.05) is 17.1 Å². The molecule has 0 aliphatic heterocycles. The van der Waals surface area contributed by atoms with Crippen LogP contribution in [0.2, 0.25) is 0 Å². The minimum atomic E-state index is -3.47. The molecule has 3 aromatic rings. The van der Waals surface area contributed by atoms with Gasteiger partial charge in [-0.05, 0) is 78.6 Å². The van der Waals surface area contributed by atoms with E-state index in [0.29, 0.717) is 23.7 Å². The second-order valence-electron chi connectivity index (χ2n) is 9.51. The van der Waals surface area contributed by atoms with E-state index in [9.17, 15) is 13.2 Å². The Hall–Kier alpha value is -3.12. The van der Waals surface area contributed by atoms with Gasteiger partial charge in [0.05, 0.1) is 18.5 Å². The fourth-order valence-electron chi connectivity index (χ4n) is 3.96. The highest BCUT2D eigenvalue weighted by Gasteiger charge is 2.20. The van der Waals surface area contributed by atoms with Crippen molar-refractivity contribution < 1.29 is 13.2 Å². The summed E-state index contributed by atoms with van der Waals surface area (Å²) in [5.41, 5.74) is 6.55. The summed E-state index contributed by atoms with van der Waals surface area (Å²) in [6.07, 6.45) is 3.00. The van der Waals surface area contributed by atoms with Crippen LogP contribution in [-0.2, 0) is 23.0 Å². The number of nitrogens with one attached hydrogen (secondary N) is 1. The molecule has 0 saturated carbocycles. The maximum absolute atomic E-state index is 12.6. The van der Waals surface area contributed by atoms with Crippen LogP contribution in [0.15, 0.2) is 66.7 Å². The quantitative estimate of drug-likeness (QED) is 0.366. The predicted octanol–water partition coefficient (Wildman–Crippen LogP) is 5.76. The molecule has 1 amide bonds. The molecule has 186 valence electrons. The molecule has 3 aromatic carbocycles. The summed E-state index contributed by atoms with van der Waals surface area (Å²) < 4.78 is 26.5. The number of hydrogen-bond acceptors (Lipinski definition) is 3. The molecule has 0 fully saturated rings. The zero-order valence-corrected chi connectivity index (χ0v) is 22.2. The lowest BCUT2D eigenvalue weighted by molar-refractivity contribution is 0.0953. The topological polar surface area (TPSA) is 66.5 Å². The fourth-order valence-corrected chi connectivity index (χ4v) is 4.90. The first-order chi connectivity index (χ1) is 16.5. The molecule has 35 heavy (non-hydrogen) atoms. The number of rotatable bonds is 10. The van der Waals surface area contributed by atoms with Crippen molar-refractivity contribution in [1.82, 2.24) is 5.32 Å². The standard InChI is InChI=1S/C29H36N2O3S/c1-21(2)26-14-10-24(11-15-26)7-6-18-30-29(32)27-16-12-25(13-17-27)20-31(35(5,33)34)28-19-22(3)8-9-23(28)4/h8-17,19,21H,6-7,18,20H2,1-5H3,(H,30,32). The first-order valence-electron chi connectivity index (χ1n) is 12.1. The van der Waals surface area contributed by atoms with E-state index in [4.69, 9.17) is 0 Å². The van der Waals surface area contributed by atoms with Gasteiger partial charge < -0.3 is 5.32 Å². The Morgan fingerprint density at radius 2 is 1.54 bits per heavy atom. The van der Waals surface area contributed by atoms with Gasteiger partial charge in [-0.2, -0.15) is 0 Å². The second-order valence-corrected chi connectivity index (χ2v) is 11.4. The van der Waals surface area contributed by atoms with Gasteiger partial charge in [0, 0.05) is 12.1 Å². The van der Waals surface area contributed by atoms with Crippen molar-refractivity contribution in [2.45, 2.75) is 53.0 Å². The molecule has 0 spiro atoms. The van der Waals surface area contributed by atoms with Crippen molar-refractivity contribution in [2.24, 2.45) is 0 Å². The number of sulfonamides is 1. The smallest absolute Gasteiger partial charge is 0.251 e. The van der Waals surface area contributed by atoms with Crippen molar-refractivity contribution in [3.8, 4) is 0 Å². The molecule has 0 aromatic heterocycles. The second kappa shape index (κ2) is 11.5. The van der Waals surface area contributed by atoms with Crippen LogP contribution >= 0.6 is 0 Å². The number of anilines is 1. The number of carbonyl (C=O) groups excluding carboxylic acids is 1. The van der Waals surface area contributed by atoms with E-state index in [1.54, 1.807) is 12.1 Å². The largest absolute Gasteiger partial charge is 0.352 e. The van der Waals surface area contributed by atoms with E-state index in [0.717, 1.165) is 29.5 Å². The Kier molecular flexibility index (Phi) is 8.73. The molecule has 0 radical (unpaired) electrons. The Labute approximate surface area is 210 Å². The highest BCUT2D eigenvalue weighted by atomic mass is 32.2. The van der Waals surface area contributed by atoms with Gasteiger partial charge in [0.2, 0.25) is 10.0 Å². The van der Waals surface area contributed by atoms with Gasteiger partial charge in [-0.15, -0.1) is 0 Å². The maximum atomic E-state index is 12.6. The molecule has 0 aliphatic carbocycles. The van der Waals surface area contributed by atoms with Crippen LogP contribution in [0.5, 0.6) is 0 Å². The van der Waals surface area contributed by atoms with Gasteiger partial charge in [0.1, 0.15) is 0 Å². The molecule has 0 heterocycles. The number of benzene rings is 3. The molecule has 0 bridgehead atoms. The predicted molar refractivity (Wildman–Crippen MR) is 145 cm³/mol. The van der Waals surface area contributed by atoms with E-state index < -0.39 is 10.0 Å². The van der Waals surface area contributed by atoms with Crippen LogP contribution in [0.3, 0.4) is 0 Å². The summed E-state index contributed by atoms with van der Waals surface area (Å²) in [7, 11) is -3.47. The van der Waals surface area contributed by atoms with Gasteiger partial charge in [-0.1, -0.05) is 62.4 Å². The van der Waals surface area contributed by atoms with Crippen molar-refractivity contribution >= 4 is 21.6 Å². The third-order valence-corrected chi connectivity index (χ3v) is 7.28. The molecular formula is C29H36N2O3S. The van der Waals surface area contributed by atoms with E-state index in [2.05, 4.69) is 43.4 Å². The molecule has 1 N–H and O–H groups in total. The molecule has 3 rings (SSSR count). The summed E-state index contributed by atoms with van der Waals surface area (Å²) in [4.78, 5) is 12.6. The van der Waals surface area contributed by atoms with Crippen LogP contribution in [0.4, 0.5) is 5.69 Å². The van der Waals surface area contributed by atoms with Crippen molar-refractivity contribution in [3.63, 3.8) is 0 Å². The molecule has 0 unspecified atom stereocenters. The zero-order valence-electron chi connectivity index (χ0n) is 21.3. The molecule has 5 nitrogen and oxygen atoms in total. The number of nitrogens with zero attached hydrogens (tertiary/aromatic N) is 1. The summed E-state index contributed by atoms with van der Waals surface area (Å²) in [5, 5.41) is 2.98. The maximum Gasteiger partial charge on any atom is 0.251 e. The molecular weight excluding hydrogens is 456 g/mol. The van der Waals surface area contributed by atoms with Gasteiger partial charge in [-0.25, -0.2) is 8.42 Å². The van der Waals surface area contributed by atoms with Crippen LogP contribution in [0.1, 0.15) is 64.4 Å². The summed E-state index contributed by atoms with van der Waals surface area (Å²) in [6, 6.07) is 21.6. The van der Waals surface area contributed by atoms with E-state index in [1.165, 1.54) is 21.7 Å². The van der Waals surface area contributed by atoms with E-state index >= 15 is 0 Å². The SMILES string of the molecule is Cc1ccc(C)c(N(Cc2ccc(C(=O)NCCCc3ccc(C(C)C)cc3)cc2)S(C)(=O)=O)c1. The van der Waals surface area contributed by atoms with Crippen LogP contribution in [0, 0.1) is 13.8 Å². The van der Waals surface area contributed by atoms with Crippen LogP contribution < -0.4 is 9.62 Å². The minimum absolute atomic E-state index is 0.124. The van der Waals surface area contributed by atoms with Gasteiger partial charge in [0.25, 0.3) is 5.91 Å². The number of aryl methyl sites for hydroxylation is 3. The fraction of sp³-hybridized carbons (Fsp3) is 0.345. The average Bonchev–Trinajstić information content (AvgIpc) is 2.82. The Balaban J connectivity index is 1.57. The summed E-state index contributed by atoms with van der Waals surface area (Å²) >= 11 is 0. The van der Waals surface area contributed by atoms with Crippen LogP contribution in [-0.4, -0.2) is 27.1 Å². The van der Waals surface area contributed by atoms with E-state index in [1.807, 2.05) is 44.2 Å².